The molecule has 1 aromatic heterocycles. The Kier molecular flexibility index (Phi) is 2.32. The van der Waals surface area contributed by atoms with E-state index >= 15 is 0 Å². The van der Waals surface area contributed by atoms with Crippen LogP contribution in [0.3, 0.4) is 0 Å². The number of hydrogen-bond donors (Lipinski definition) is 2. The van der Waals surface area contributed by atoms with Crippen molar-refractivity contribution in [1.29, 1.82) is 0 Å². The first-order chi connectivity index (χ1) is 7.59. The van der Waals surface area contributed by atoms with Gasteiger partial charge in [0.1, 0.15) is 11.5 Å². The Morgan fingerprint density at radius 2 is 2.25 bits per heavy atom. The number of nitrogens with zero attached hydrogens (tertiary/aromatic N) is 2. The van der Waals surface area contributed by atoms with Gasteiger partial charge in [0, 0.05) is 12.4 Å². The summed E-state index contributed by atoms with van der Waals surface area (Å²) in [5.74, 6) is -1.92. The number of aromatic carboxylic acids is 1. The summed E-state index contributed by atoms with van der Waals surface area (Å²) in [6.45, 7) is 0. The summed E-state index contributed by atoms with van der Waals surface area (Å²) in [5, 5.41) is 8.71. The molecule has 0 spiro atoms. The Hall–Kier alpha value is -2.37. The molecule has 5 nitrogen and oxygen atoms in total. The first-order valence-electron chi connectivity index (χ1n) is 4.40. The molecule has 0 aliphatic carbocycles. The van der Waals surface area contributed by atoms with E-state index < -0.39 is 11.8 Å². The van der Waals surface area contributed by atoms with E-state index in [2.05, 4.69) is 4.98 Å². The molecule has 0 bridgehead atoms. The predicted octanol–water partition coefficient (Wildman–Crippen LogP) is 1.29. The normalized spacial score (nSPS) is 10.3. The average Bonchev–Trinajstić information content (AvgIpc) is 2.69. The van der Waals surface area contributed by atoms with Gasteiger partial charge in [-0.1, -0.05) is 0 Å². The molecule has 0 radical (unpaired) electrons. The molecule has 0 unspecified atom stereocenters. The van der Waals surface area contributed by atoms with Crippen LogP contribution >= 0.6 is 0 Å². The Bertz CT molecular complexity index is 514. The minimum Gasteiger partial charge on any atom is -0.478 e. The predicted molar refractivity (Wildman–Crippen MR) is 54.9 cm³/mol. The third-order valence-corrected chi connectivity index (χ3v) is 2.10. The van der Waals surface area contributed by atoms with Crippen molar-refractivity contribution >= 4 is 11.7 Å². The fraction of sp³-hybridized carbons (Fsp3) is 0. The average molecular weight is 221 g/mol. The molecule has 0 saturated carbocycles. The molecule has 1 heterocycles. The van der Waals surface area contributed by atoms with Crippen LogP contribution in [0.25, 0.3) is 5.69 Å². The number of carbonyl (C=O) groups is 1. The fourth-order valence-corrected chi connectivity index (χ4v) is 1.41. The van der Waals surface area contributed by atoms with Crippen molar-refractivity contribution in [2.45, 2.75) is 0 Å². The van der Waals surface area contributed by atoms with Crippen LogP contribution in [0.5, 0.6) is 0 Å². The maximum Gasteiger partial charge on any atom is 0.335 e. The molecule has 16 heavy (non-hydrogen) atoms. The lowest BCUT2D eigenvalue weighted by molar-refractivity contribution is 0.0696. The summed E-state index contributed by atoms with van der Waals surface area (Å²) in [4.78, 5) is 14.4. The lowest BCUT2D eigenvalue weighted by atomic mass is 10.1. The fourth-order valence-electron chi connectivity index (χ4n) is 1.41. The maximum atomic E-state index is 13.6. The molecule has 82 valence electrons. The SMILES string of the molecule is Nc1cc(C(=O)O)cc(F)c1-n1ccnc1. The Labute approximate surface area is 90.0 Å². The monoisotopic (exact) mass is 221 g/mol. The molecule has 0 saturated heterocycles. The first kappa shape index (κ1) is 10.2. The van der Waals surface area contributed by atoms with Crippen LogP contribution in [0.15, 0.2) is 30.9 Å². The van der Waals surface area contributed by atoms with Crippen molar-refractivity contribution in [2.24, 2.45) is 0 Å². The smallest absolute Gasteiger partial charge is 0.335 e. The first-order valence-corrected chi connectivity index (χ1v) is 4.40. The van der Waals surface area contributed by atoms with Gasteiger partial charge in [-0.05, 0) is 12.1 Å². The van der Waals surface area contributed by atoms with Gasteiger partial charge in [0.15, 0.2) is 0 Å². The molecule has 0 fully saturated rings. The highest BCUT2D eigenvalue weighted by Gasteiger charge is 2.13. The van der Waals surface area contributed by atoms with Crippen molar-refractivity contribution < 1.29 is 14.3 Å². The number of carboxylic acids is 1. The summed E-state index contributed by atoms with van der Waals surface area (Å²) < 4.78 is 15.0. The third-order valence-electron chi connectivity index (χ3n) is 2.10. The molecule has 1 aromatic carbocycles. The number of nitrogen functional groups attached to an aromatic ring is 1. The summed E-state index contributed by atoms with van der Waals surface area (Å²) in [5.41, 5.74) is 5.57. The minimum atomic E-state index is -1.22. The van der Waals surface area contributed by atoms with Gasteiger partial charge < -0.3 is 15.4 Å². The zero-order valence-electron chi connectivity index (χ0n) is 8.09. The Balaban J connectivity index is 2.61. The van der Waals surface area contributed by atoms with Gasteiger partial charge in [0.2, 0.25) is 0 Å². The van der Waals surface area contributed by atoms with E-state index in [9.17, 15) is 9.18 Å². The van der Waals surface area contributed by atoms with Gasteiger partial charge in [0.25, 0.3) is 0 Å². The number of nitrogens with two attached hydrogens (primary N) is 1. The second-order valence-corrected chi connectivity index (χ2v) is 3.17. The van der Waals surface area contributed by atoms with Gasteiger partial charge in [-0.25, -0.2) is 14.2 Å². The molecule has 6 heteroatoms. The Morgan fingerprint density at radius 1 is 1.50 bits per heavy atom. The van der Waals surface area contributed by atoms with Gasteiger partial charge in [-0.15, -0.1) is 0 Å². The van der Waals surface area contributed by atoms with E-state index in [1.165, 1.54) is 29.4 Å². The van der Waals surface area contributed by atoms with E-state index in [0.29, 0.717) is 0 Å². The second kappa shape index (κ2) is 3.65. The van der Waals surface area contributed by atoms with Crippen molar-refractivity contribution in [2.75, 3.05) is 5.73 Å². The highest BCUT2D eigenvalue weighted by Crippen LogP contribution is 2.22. The van der Waals surface area contributed by atoms with E-state index in [-0.39, 0.29) is 16.9 Å². The van der Waals surface area contributed by atoms with Gasteiger partial charge >= 0.3 is 5.97 Å². The largest absolute Gasteiger partial charge is 0.478 e. The van der Waals surface area contributed by atoms with Crippen LogP contribution in [0.4, 0.5) is 10.1 Å². The molecular formula is C10H8FN3O2. The number of benzene rings is 1. The molecule has 0 amide bonds. The number of anilines is 1. The highest BCUT2D eigenvalue weighted by atomic mass is 19.1. The van der Waals surface area contributed by atoms with Gasteiger partial charge in [-0.2, -0.15) is 0 Å². The number of hydrogen-bond acceptors (Lipinski definition) is 3. The van der Waals surface area contributed by atoms with Gasteiger partial charge in [-0.3, -0.25) is 0 Å². The van der Waals surface area contributed by atoms with Crippen molar-refractivity contribution in [1.82, 2.24) is 9.55 Å². The summed E-state index contributed by atoms with van der Waals surface area (Å²) in [6.07, 6.45) is 4.38. The lowest BCUT2D eigenvalue weighted by Crippen LogP contribution is -2.05. The van der Waals surface area contributed by atoms with E-state index in [0.717, 1.165) is 6.07 Å². The van der Waals surface area contributed by atoms with Crippen LogP contribution in [-0.4, -0.2) is 20.6 Å². The lowest BCUT2D eigenvalue weighted by Gasteiger charge is -2.08. The zero-order valence-corrected chi connectivity index (χ0v) is 8.09. The van der Waals surface area contributed by atoms with Crippen molar-refractivity contribution in [3.8, 4) is 5.69 Å². The van der Waals surface area contributed by atoms with E-state index in [4.69, 9.17) is 10.8 Å². The van der Waals surface area contributed by atoms with Crippen LogP contribution in [0, 0.1) is 5.82 Å². The minimum absolute atomic E-state index is 0.0513. The summed E-state index contributed by atoms with van der Waals surface area (Å²) in [6, 6.07) is 2.13. The number of aromatic nitrogens is 2. The molecule has 3 N–H and O–H groups in total. The number of halogens is 1. The quantitative estimate of drug-likeness (QED) is 0.749. The van der Waals surface area contributed by atoms with Crippen molar-refractivity contribution in [3.05, 3.63) is 42.2 Å². The van der Waals surface area contributed by atoms with Crippen LogP contribution in [0.1, 0.15) is 10.4 Å². The molecule has 2 rings (SSSR count). The Morgan fingerprint density at radius 3 is 2.75 bits per heavy atom. The van der Waals surface area contributed by atoms with E-state index in [1.807, 2.05) is 0 Å². The number of carboxylic acid groups (broad SMARTS) is 1. The number of imidazole rings is 1. The van der Waals surface area contributed by atoms with E-state index in [1.54, 1.807) is 0 Å². The molecule has 2 aromatic rings. The molecule has 0 atom stereocenters. The summed E-state index contributed by atoms with van der Waals surface area (Å²) in [7, 11) is 0. The van der Waals surface area contributed by atoms with Gasteiger partial charge in [0.05, 0.1) is 17.6 Å². The van der Waals surface area contributed by atoms with Crippen molar-refractivity contribution in [3.63, 3.8) is 0 Å². The standard InChI is InChI=1S/C10H8FN3O2/c11-7-3-6(10(15)16)4-8(12)9(7)14-2-1-13-5-14/h1-5H,12H2,(H,15,16). The molecular weight excluding hydrogens is 213 g/mol. The highest BCUT2D eigenvalue weighted by molar-refractivity contribution is 5.89. The second-order valence-electron chi connectivity index (χ2n) is 3.17. The maximum absolute atomic E-state index is 13.6. The number of rotatable bonds is 2. The third kappa shape index (κ3) is 1.60. The zero-order chi connectivity index (χ0) is 11.7. The summed E-state index contributed by atoms with van der Waals surface area (Å²) >= 11 is 0. The molecule has 0 aliphatic rings. The molecule has 0 aliphatic heterocycles. The van der Waals surface area contributed by atoms with Crippen LogP contribution in [0.2, 0.25) is 0 Å². The van der Waals surface area contributed by atoms with Crippen LogP contribution < -0.4 is 5.73 Å². The van der Waals surface area contributed by atoms with Crippen LogP contribution in [-0.2, 0) is 0 Å². The topological polar surface area (TPSA) is 81.1 Å².